The van der Waals surface area contributed by atoms with Crippen LogP contribution in [0.1, 0.15) is 35.2 Å². The maximum absolute atomic E-state index is 11.7. The van der Waals surface area contributed by atoms with E-state index in [0.29, 0.717) is 0 Å². The highest BCUT2D eigenvalue weighted by atomic mass is 16.1. The fraction of sp³-hybridized carbons (Fsp3) is 0.357. The van der Waals surface area contributed by atoms with Crippen molar-refractivity contribution in [3.05, 3.63) is 57.3 Å². The minimum absolute atomic E-state index is 0.0109. The summed E-state index contributed by atoms with van der Waals surface area (Å²) in [7, 11) is 0. The molecule has 92 valence electrons. The number of H-pyrrole nitrogens is 1. The van der Waals surface area contributed by atoms with Gasteiger partial charge in [0.2, 0.25) is 0 Å². The van der Waals surface area contributed by atoms with Crippen molar-refractivity contribution in [3.63, 3.8) is 0 Å². The number of aromatic amines is 1. The molecule has 0 atom stereocenters. The van der Waals surface area contributed by atoms with Crippen LogP contribution in [0.4, 0.5) is 0 Å². The fourth-order valence-corrected chi connectivity index (χ4v) is 2.57. The van der Waals surface area contributed by atoms with Crippen LogP contribution in [-0.2, 0) is 19.3 Å². The summed E-state index contributed by atoms with van der Waals surface area (Å²) < 4.78 is 0. The van der Waals surface area contributed by atoms with Crippen molar-refractivity contribution in [2.45, 2.75) is 32.1 Å². The van der Waals surface area contributed by atoms with Crippen LogP contribution in [-0.4, -0.2) is 15.2 Å². The fourth-order valence-electron chi connectivity index (χ4n) is 2.57. The number of hydrogen-bond acceptors (Lipinski definition) is 3. The van der Waals surface area contributed by atoms with E-state index >= 15 is 0 Å². The van der Waals surface area contributed by atoms with Gasteiger partial charge in [-0.15, -0.1) is 0 Å². The van der Waals surface area contributed by atoms with Gasteiger partial charge in [0.25, 0.3) is 5.56 Å². The predicted molar refractivity (Wildman–Crippen MR) is 68.5 cm³/mol. The summed E-state index contributed by atoms with van der Waals surface area (Å²) in [6, 6.07) is 3.98. The Morgan fingerprint density at radius 2 is 1.83 bits per heavy atom. The molecule has 0 aromatic carbocycles. The second kappa shape index (κ2) is 4.72. The predicted octanol–water partition coefficient (Wildman–Crippen LogP) is 1.63. The molecule has 0 fully saturated rings. The average molecular weight is 241 g/mol. The molecular weight excluding hydrogens is 226 g/mol. The zero-order valence-corrected chi connectivity index (χ0v) is 10.1. The quantitative estimate of drug-likeness (QED) is 0.869. The first-order chi connectivity index (χ1) is 8.84. The number of pyridine rings is 1. The lowest BCUT2D eigenvalue weighted by Gasteiger charge is -2.17. The third kappa shape index (κ3) is 2.06. The molecule has 4 nitrogen and oxygen atoms in total. The molecule has 3 rings (SSSR count). The molecule has 0 amide bonds. The van der Waals surface area contributed by atoms with Crippen LogP contribution in [0.2, 0.25) is 0 Å². The van der Waals surface area contributed by atoms with Gasteiger partial charge in [0, 0.05) is 24.4 Å². The summed E-state index contributed by atoms with van der Waals surface area (Å²) in [5.74, 6) is 0. The number of nitrogens with one attached hydrogen (secondary N) is 1. The van der Waals surface area contributed by atoms with Crippen LogP contribution in [0.5, 0.6) is 0 Å². The second-order valence-corrected chi connectivity index (χ2v) is 4.70. The van der Waals surface area contributed by atoms with Crippen LogP contribution < -0.4 is 5.56 Å². The Bertz CT molecular complexity index is 604. The normalized spacial score (nSPS) is 14.2. The Morgan fingerprint density at radius 1 is 1.11 bits per heavy atom. The molecule has 18 heavy (non-hydrogen) atoms. The molecule has 0 spiro atoms. The van der Waals surface area contributed by atoms with Crippen molar-refractivity contribution < 1.29 is 0 Å². The molecule has 2 aromatic rings. The second-order valence-electron chi connectivity index (χ2n) is 4.70. The molecule has 0 bridgehead atoms. The van der Waals surface area contributed by atoms with Gasteiger partial charge in [-0.1, -0.05) is 0 Å². The van der Waals surface area contributed by atoms with Gasteiger partial charge in [-0.2, -0.15) is 5.10 Å². The van der Waals surface area contributed by atoms with Crippen molar-refractivity contribution in [2.24, 2.45) is 0 Å². The maximum Gasteiger partial charge on any atom is 0.267 e. The van der Waals surface area contributed by atoms with Gasteiger partial charge >= 0.3 is 0 Å². The van der Waals surface area contributed by atoms with E-state index in [9.17, 15) is 4.79 Å². The Morgan fingerprint density at radius 3 is 2.61 bits per heavy atom. The summed E-state index contributed by atoms with van der Waals surface area (Å²) in [6.45, 7) is 0. The summed E-state index contributed by atoms with van der Waals surface area (Å²) in [5, 5.41) is 6.86. The molecule has 2 aromatic heterocycles. The van der Waals surface area contributed by atoms with Crippen LogP contribution in [0, 0.1) is 0 Å². The van der Waals surface area contributed by atoms with Crippen LogP contribution in [0.15, 0.2) is 29.3 Å². The smallest absolute Gasteiger partial charge is 0.267 e. The van der Waals surface area contributed by atoms with Gasteiger partial charge in [-0.3, -0.25) is 9.78 Å². The summed E-state index contributed by atoms with van der Waals surface area (Å²) in [4.78, 5) is 15.8. The minimum atomic E-state index is -0.0109. The molecule has 0 unspecified atom stereocenters. The van der Waals surface area contributed by atoms with Crippen molar-refractivity contribution in [2.75, 3.05) is 0 Å². The molecule has 1 aliphatic carbocycles. The largest absolute Gasteiger partial charge is 0.268 e. The van der Waals surface area contributed by atoms with E-state index in [1.165, 1.54) is 11.1 Å². The van der Waals surface area contributed by atoms with Crippen molar-refractivity contribution >= 4 is 0 Å². The first-order valence-corrected chi connectivity index (χ1v) is 6.33. The van der Waals surface area contributed by atoms with Crippen LogP contribution in [0.3, 0.4) is 0 Å². The maximum atomic E-state index is 11.7. The molecule has 4 heteroatoms. The topological polar surface area (TPSA) is 58.6 Å². The van der Waals surface area contributed by atoms with Gasteiger partial charge in [0.15, 0.2) is 0 Å². The Balaban J connectivity index is 2.00. The number of rotatable bonds is 2. The van der Waals surface area contributed by atoms with Crippen molar-refractivity contribution in [1.82, 2.24) is 15.2 Å². The highest BCUT2D eigenvalue weighted by Gasteiger charge is 2.17. The van der Waals surface area contributed by atoms with E-state index in [0.717, 1.165) is 43.4 Å². The molecule has 0 saturated carbocycles. The summed E-state index contributed by atoms with van der Waals surface area (Å²) in [6.07, 6.45) is 8.46. The third-order valence-corrected chi connectivity index (χ3v) is 3.50. The number of nitrogens with zero attached hydrogens (tertiary/aromatic N) is 2. The molecule has 1 N–H and O–H groups in total. The SMILES string of the molecule is O=c1[nH]nc(Cc2ccncc2)c2c1CCCC2. The first-order valence-electron chi connectivity index (χ1n) is 6.33. The van der Waals surface area contributed by atoms with E-state index in [1.807, 2.05) is 12.1 Å². The van der Waals surface area contributed by atoms with E-state index in [1.54, 1.807) is 12.4 Å². The Hall–Kier alpha value is -1.97. The van der Waals surface area contributed by atoms with Crippen molar-refractivity contribution in [3.8, 4) is 0 Å². The Kier molecular flexibility index (Phi) is 2.92. The van der Waals surface area contributed by atoms with Crippen molar-refractivity contribution in [1.29, 1.82) is 0 Å². The van der Waals surface area contributed by atoms with E-state index in [4.69, 9.17) is 0 Å². The van der Waals surface area contributed by atoms with Gasteiger partial charge in [-0.25, -0.2) is 5.10 Å². The van der Waals surface area contributed by atoms with E-state index in [2.05, 4.69) is 15.2 Å². The Labute approximate surface area is 105 Å². The summed E-state index contributed by atoms with van der Waals surface area (Å²) in [5.41, 5.74) is 4.29. The first kappa shape index (κ1) is 11.1. The standard InChI is InChI=1S/C14H15N3O/c18-14-12-4-2-1-3-11(12)13(16-17-14)9-10-5-7-15-8-6-10/h5-8H,1-4,9H2,(H,17,18). The zero-order valence-electron chi connectivity index (χ0n) is 10.1. The number of fused-ring (bicyclic) bond motifs is 1. The van der Waals surface area contributed by atoms with Crippen LogP contribution in [0.25, 0.3) is 0 Å². The van der Waals surface area contributed by atoms with Gasteiger partial charge in [0.05, 0.1) is 5.69 Å². The lowest BCUT2D eigenvalue weighted by Crippen LogP contribution is -2.23. The van der Waals surface area contributed by atoms with E-state index in [-0.39, 0.29) is 5.56 Å². The minimum Gasteiger partial charge on any atom is -0.268 e. The average Bonchev–Trinajstić information content (AvgIpc) is 2.44. The molecule has 0 aliphatic heterocycles. The zero-order chi connectivity index (χ0) is 12.4. The van der Waals surface area contributed by atoms with Gasteiger partial charge in [0.1, 0.15) is 0 Å². The molecule has 0 saturated heterocycles. The summed E-state index contributed by atoms with van der Waals surface area (Å²) >= 11 is 0. The molecule has 0 radical (unpaired) electrons. The molecule has 2 heterocycles. The van der Waals surface area contributed by atoms with Gasteiger partial charge < -0.3 is 0 Å². The van der Waals surface area contributed by atoms with Crippen LogP contribution >= 0.6 is 0 Å². The lowest BCUT2D eigenvalue weighted by atomic mass is 9.90. The highest BCUT2D eigenvalue weighted by Crippen LogP contribution is 2.21. The number of hydrogen-bond donors (Lipinski definition) is 1. The third-order valence-electron chi connectivity index (χ3n) is 3.50. The highest BCUT2D eigenvalue weighted by molar-refractivity contribution is 5.33. The monoisotopic (exact) mass is 241 g/mol. The number of aromatic nitrogens is 3. The van der Waals surface area contributed by atoms with E-state index < -0.39 is 0 Å². The lowest BCUT2D eigenvalue weighted by molar-refractivity contribution is 0.655. The van der Waals surface area contributed by atoms with Gasteiger partial charge in [-0.05, 0) is 48.9 Å². The molecule has 1 aliphatic rings. The molecular formula is C14H15N3O.